The van der Waals surface area contributed by atoms with Crippen LogP contribution >= 0.6 is 0 Å². The van der Waals surface area contributed by atoms with Crippen LogP contribution in [0.15, 0.2) is 35.4 Å². The Morgan fingerprint density at radius 3 is 2.29 bits per heavy atom. The Morgan fingerprint density at radius 1 is 1.21 bits per heavy atom. The molecule has 0 amide bonds. The van der Waals surface area contributed by atoms with Crippen LogP contribution in [0.25, 0.3) is 0 Å². The van der Waals surface area contributed by atoms with Gasteiger partial charge in [-0.1, -0.05) is 23.3 Å². The molecule has 4 heteroatoms. The van der Waals surface area contributed by atoms with Crippen molar-refractivity contribution in [1.82, 2.24) is 0 Å². The number of hydrogen-bond acceptors (Lipinski definition) is 2. The SMILES string of the molecule is C[N+](C)(C)N=C([O-])Nc1ccccc1. The topological polar surface area (TPSA) is 47.5 Å². The van der Waals surface area contributed by atoms with Crippen LogP contribution in [-0.4, -0.2) is 31.8 Å². The average molecular weight is 193 g/mol. The molecule has 0 fully saturated rings. The van der Waals surface area contributed by atoms with E-state index in [1.807, 2.05) is 51.5 Å². The van der Waals surface area contributed by atoms with Crippen molar-refractivity contribution in [3.05, 3.63) is 30.3 Å². The molecule has 0 aliphatic rings. The third-order valence-corrected chi connectivity index (χ3v) is 1.42. The molecule has 0 bridgehead atoms. The van der Waals surface area contributed by atoms with Crippen LogP contribution in [-0.2, 0) is 0 Å². The minimum atomic E-state index is -0.330. The second-order valence-electron chi connectivity index (χ2n) is 3.84. The van der Waals surface area contributed by atoms with E-state index < -0.39 is 0 Å². The number of nitrogens with zero attached hydrogens (tertiary/aromatic N) is 2. The fraction of sp³-hybridized carbons (Fsp3) is 0.300. The van der Waals surface area contributed by atoms with Gasteiger partial charge in [0.1, 0.15) is 6.02 Å². The number of hydrogen-bond donors (Lipinski definition) is 1. The molecule has 1 aromatic carbocycles. The summed E-state index contributed by atoms with van der Waals surface area (Å²) in [6.07, 6.45) is 0. The zero-order chi connectivity index (χ0) is 10.6. The van der Waals surface area contributed by atoms with Crippen LogP contribution in [0.3, 0.4) is 0 Å². The van der Waals surface area contributed by atoms with Crippen LogP contribution in [0, 0.1) is 0 Å². The molecule has 14 heavy (non-hydrogen) atoms. The van der Waals surface area contributed by atoms with Crippen LogP contribution in [0.4, 0.5) is 5.69 Å². The summed E-state index contributed by atoms with van der Waals surface area (Å²) in [5.74, 6) is 0. The quantitative estimate of drug-likeness (QED) is 0.320. The van der Waals surface area contributed by atoms with E-state index in [0.717, 1.165) is 5.69 Å². The Hall–Kier alpha value is -1.55. The second kappa shape index (κ2) is 4.11. The average Bonchev–Trinajstić information content (AvgIpc) is 2.02. The van der Waals surface area contributed by atoms with Crippen LogP contribution in [0.2, 0.25) is 0 Å². The van der Waals surface area contributed by atoms with Gasteiger partial charge in [0.05, 0.1) is 21.1 Å². The molecule has 0 spiro atoms. The van der Waals surface area contributed by atoms with E-state index in [2.05, 4.69) is 10.4 Å². The highest BCUT2D eigenvalue weighted by atomic mass is 16.3. The van der Waals surface area contributed by atoms with E-state index in [9.17, 15) is 5.11 Å². The van der Waals surface area contributed by atoms with Gasteiger partial charge in [-0.2, -0.15) is 0 Å². The highest BCUT2D eigenvalue weighted by Crippen LogP contribution is 2.04. The van der Waals surface area contributed by atoms with Gasteiger partial charge in [0, 0.05) is 5.69 Å². The van der Waals surface area contributed by atoms with E-state index in [-0.39, 0.29) is 10.6 Å². The molecule has 76 valence electrons. The maximum atomic E-state index is 11.3. The third-order valence-electron chi connectivity index (χ3n) is 1.42. The Bertz CT molecular complexity index is 314. The van der Waals surface area contributed by atoms with Crippen molar-refractivity contribution >= 4 is 11.7 Å². The first-order valence-corrected chi connectivity index (χ1v) is 4.38. The molecule has 0 radical (unpaired) electrons. The zero-order valence-corrected chi connectivity index (χ0v) is 8.69. The summed E-state index contributed by atoms with van der Waals surface area (Å²) in [5, 5.41) is 17.9. The molecule has 1 rings (SSSR count). The molecule has 4 nitrogen and oxygen atoms in total. The maximum absolute atomic E-state index is 11.3. The molecule has 0 heterocycles. The van der Waals surface area contributed by atoms with Crippen molar-refractivity contribution in [3.8, 4) is 0 Å². The summed E-state index contributed by atoms with van der Waals surface area (Å²) in [6.45, 7) is 0. The predicted molar refractivity (Wildman–Crippen MR) is 55.5 cm³/mol. The van der Waals surface area contributed by atoms with E-state index in [1.54, 1.807) is 0 Å². The van der Waals surface area contributed by atoms with Crippen LogP contribution < -0.4 is 10.4 Å². The van der Waals surface area contributed by atoms with Gasteiger partial charge in [-0.25, -0.2) is 4.59 Å². The van der Waals surface area contributed by atoms with Crippen molar-refractivity contribution < 1.29 is 9.70 Å². The Labute approximate surface area is 84.1 Å². The molecule has 1 aromatic rings. The highest BCUT2D eigenvalue weighted by molar-refractivity contribution is 5.84. The van der Waals surface area contributed by atoms with E-state index in [4.69, 9.17) is 0 Å². The Balaban J connectivity index is 2.67. The van der Waals surface area contributed by atoms with Gasteiger partial charge < -0.3 is 10.4 Å². The van der Waals surface area contributed by atoms with E-state index in [1.165, 1.54) is 0 Å². The number of rotatable bonds is 2. The third kappa shape index (κ3) is 3.91. The summed E-state index contributed by atoms with van der Waals surface area (Å²) in [6, 6.07) is 8.94. The smallest absolute Gasteiger partial charge is 0.116 e. The minimum absolute atomic E-state index is 0.263. The number of amidine groups is 1. The number of benzene rings is 1. The van der Waals surface area contributed by atoms with Gasteiger partial charge in [0.25, 0.3) is 0 Å². The molecule has 0 saturated carbocycles. The molecular weight excluding hydrogens is 178 g/mol. The minimum Gasteiger partial charge on any atom is -0.842 e. The zero-order valence-electron chi connectivity index (χ0n) is 8.69. The Kier molecular flexibility index (Phi) is 3.09. The van der Waals surface area contributed by atoms with Gasteiger partial charge in [-0.15, -0.1) is 0 Å². The van der Waals surface area contributed by atoms with Crippen LogP contribution in [0.5, 0.6) is 0 Å². The monoisotopic (exact) mass is 193 g/mol. The lowest BCUT2D eigenvalue weighted by Crippen LogP contribution is -2.36. The summed E-state index contributed by atoms with van der Waals surface area (Å²) >= 11 is 0. The van der Waals surface area contributed by atoms with Gasteiger partial charge in [0.15, 0.2) is 0 Å². The van der Waals surface area contributed by atoms with Gasteiger partial charge in [0.2, 0.25) is 0 Å². The van der Waals surface area contributed by atoms with Crippen molar-refractivity contribution in [2.75, 3.05) is 26.5 Å². The summed E-state index contributed by atoms with van der Waals surface area (Å²) < 4.78 is 0.263. The van der Waals surface area contributed by atoms with Gasteiger partial charge in [-0.3, -0.25) is 0 Å². The maximum Gasteiger partial charge on any atom is 0.116 e. The predicted octanol–water partition coefficient (Wildman–Crippen LogP) is 0.436. The number of nitrogens with one attached hydrogen (secondary N) is 1. The first kappa shape index (κ1) is 10.5. The molecule has 0 unspecified atom stereocenters. The van der Waals surface area contributed by atoms with Crippen molar-refractivity contribution in [1.29, 1.82) is 0 Å². The highest BCUT2D eigenvalue weighted by Gasteiger charge is 2.02. The van der Waals surface area contributed by atoms with Gasteiger partial charge >= 0.3 is 0 Å². The Morgan fingerprint density at radius 2 is 1.79 bits per heavy atom. The fourth-order valence-electron chi connectivity index (χ4n) is 0.942. The number of para-hydroxylation sites is 1. The lowest BCUT2D eigenvalue weighted by molar-refractivity contribution is -0.878. The second-order valence-corrected chi connectivity index (χ2v) is 3.84. The molecular formula is C10H15N3O. The molecule has 0 atom stereocenters. The summed E-state index contributed by atoms with van der Waals surface area (Å²) in [5.41, 5.74) is 0.759. The summed E-state index contributed by atoms with van der Waals surface area (Å²) in [4.78, 5) is 0. The van der Waals surface area contributed by atoms with Crippen molar-refractivity contribution in [2.24, 2.45) is 5.10 Å². The largest absolute Gasteiger partial charge is 0.842 e. The molecule has 1 N–H and O–H groups in total. The molecule has 0 aliphatic carbocycles. The fourth-order valence-corrected chi connectivity index (χ4v) is 0.942. The van der Waals surface area contributed by atoms with E-state index in [0.29, 0.717) is 0 Å². The molecule has 0 aromatic heterocycles. The lowest BCUT2D eigenvalue weighted by Gasteiger charge is -2.20. The molecule has 0 aliphatic heterocycles. The van der Waals surface area contributed by atoms with Crippen LogP contribution in [0.1, 0.15) is 0 Å². The summed E-state index contributed by atoms with van der Waals surface area (Å²) in [7, 11) is 5.47. The van der Waals surface area contributed by atoms with Crippen molar-refractivity contribution in [2.45, 2.75) is 0 Å². The molecule has 0 saturated heterocycles. The number of anilines is 1. The van der Waals surface area contributed by atoms with E-state index >= 15 is 0 Å². The standard InChI is InChI=1S/C10H15N3O/c1-13(2,3)12-10(14)11-9-7-5-4-6-8-9/h4-8H,1-3H3,(H-,11,12,14). The normalized spacial score (nSPS) is 12.6. The first-order chi connectivity index (χ1) is 6.47. The van der Waals surface area contributed by atoms with Gasteiger partial charge in [-0.05, 0) is 12.1 Å². The lowest BCUT2D eigenvalue weighted by atomic mass is 10.3. The van der Waals surface area contributed by atoms with Crippen molar-refractivity contribution in [3.63, 3.8) is 0 Å². The first-order valence-electron chi connectivity index (χ1n) is 4.38. The number of quaternary nitrogens is 1.